The topological polar surface area (TPSA) is 37.4 Å². The van der Waals surface area contributed by atoms with Crippen molar-refractivity contribution in [3.8, 4) is 0 Å². The van der Waals surface area contributed by atoms with Gasteiger partial charge in [0.05, 0.1) is 6.42 Å². The van der Waals surface area contributed by atoms with Crippen molar-refractivity contribution in [3.63, 3.8) is 0 Å². The van der Waals surface area contributed by atoms with E-state index in [1.165, 1.54) is 13.3 Å². The minimum Gasteiger partial charge on any atom is -0.342 e. The minimum absolute atomic E-state index is 0.000880. The molecule has 1 heterocycles. The van der Waals surface area contributed by atoms with Crippen LogP contribution in [0.15, 0.2) is 0 Å². The number of carbonyl (C=O) groups excluding carboxylic acids is 2. The van der Waals surface area contributed by atoms with Crippen LogP contribution in [0.4, 0.5) is 0 Å². The summed E-state index contributed by atoms with van der Waals surface area (Å²) in [6.07, 6.45) is 2.35. The molecule has 13 heavy (non-hydrogen) atoms. The highest BCUT2D eigenvalue weighted by Crippen LogP contribution is 2.15. The molecule has 1 amide bonds. The number of piperidine rings is 1. The van der Waals surface area contributed by atoms with Crippen LogP contribution in [0.1, 0.15) is 33.1 Å². The van der Waals surface area contributed by atoms with Crippen LogP contribution in [0.5, 0.6) is 0 Å². The summed E-state index contributed by atoms with van der Waals surface area (Å²) in [4.78, 5) is 24.0. The van der Waals surface area contributed by atoms with Crippen LogP contribution in [0, 0.1) is 5.92 Å². The smallest absolute Gasteiger partial charge is 0.230 e. The number of amides is 1. The molecule has 0 saturated carbocycles. The van der Waals surface area contributed by atoms with E-state index in [1.54, 1.807) is 0 Å². The van der Waals surface area contributed by atoms with Gasteiger partial charge in [-0.25, -0.2) is 0 Å². The van der Waals surface area contributed by atoms with Crippen molar-refractivity contribution < 1.29 is 9.59 Å². The molecule has 1 atom stereocenters. The van der Waals surface area contributed by atoms with E-state index in [2.05, 4.69) is 6.92 Å². The number of likely N-dealkylation sites (tertiary alicyclic amines) is 1. The summed E-state index contributed by atoms with van der Waals surface area (Å²) in [7, 11) is 0. The zero-order valence-corrected chi connectivity index (χ0v) is 8.38. The first kappa shape index (κ1) is 10.2. The van der Waals surface area contributed by atoms with Gasteiger partial charge in [0.2, 0.25) is 5.91 Å². The molecule has 0 aromatic carbocycles. The molecule has 0 radical (unpaired) electrons. The summed E-state index contributed by atoms with van der Waals surface area (Å²) < 4.78 is 0. The zero-order chi connectivity index (χ0) is 9.84. The molecular formula is C10H17NO2. The largest absolute Gasteiger partial charge is 0.342 e. The molecule has 0 spiro atoms. The number of Topliss-reactive ketones (excluding diaryl/α,β-unsaturated/α-hetero) is 1. The van der Waals surface area contributed by atoms with Crippen LogP contribution in [0.2, 0.25) is 0 Å². The van der Waals surface area contributed by atoms with Crippen LogP contribution >= 0.6 is 0 Å². The average Bonchev–Trinajstić information content (AvgIpc) is 2.03. The number of ketones is 1. The molecule has 0 aliphatic carbocycles. The second-order valence-corrected chi connectivity index (χ2v) is 3.97. The molecule has 1 aliphatic rings. The Balaban J connectivity index is 2.41. The van der Waals surface area contributed by atoms with Crippen LogP contribution in [0.3, 0.4) is 0 Å². The van der Waals surface area contributed by atoms with Crippen LogP contribution < -0.4 is 0 Å². The summed E-state index contributed by atoms with van der Waals surface area (Å²) in [5.74, 6) is 0.548. The van der Waals surface area contributed by atoms with Crippen LogP contribution in [0.25, 0.3) is 0 Å². The number of nitrogens with zero attached hydrogens (tertiary/aromatic N) is 1. The Kier molecular flexibility index (Phi) is 3.46. The summed E-state index contributed by atoms with van der Waals surface area (Å²) in [5, 5.41) is 0. The van der Waals surface area contributed by atoms with Crippen LogP contribution in [-0.2, 0) is 9.59 Å². The van der Waals surface area contributed by atoms with Crippen molar-refractivity contribution in [2.75, 3.05) is 13.1 Å². The third kappa shape index (κ3) is 3.17. The lowest BCUT2D eigenvalue weighted by molar-refractivity contribution is -0.136. The number of rotatable bonds is 2. The average molecular weight is 183 g/mol. The van der Waals surface area contributed by atoms with E-state index in [0.717, 1.165) is 19.5 Å². The summed E-state index contributed by atoms with van der Waals surface area (Å²) in [6, 6.07) is 0. The number of carbonyl (C=O) groups is 2. The highest BCUT2D eigenvalue weighted by Gasteiger charge is 2.21. The fourth-order valence-corrected chi connectivity index (χ4v) is 1.74. The van der Waals surface area contributed by atoms with Gasteiger partial charge >= 0.3 is 0 Å². The fourth-order valence-electron chi connectivity index (χ4n) is 1.74. The summed E-state index contributed by atoms with van der Waals surface area (Å²) in [5.41, 5.74) is 0. The van der Waals surface area contributed by atoms with E-state index in [0.29, 0.717) is 5.92 Å². The van der Waals surface area contributed by atoms with Gasteiger partial charge in [0.15, 0.2) is 0 Å². The quantitative estimate of drug-likeness (QED) is 0.604. The predicted octanol–water partition coefficient (Wildman–Crippen LogP) is 1.22. The van der Waals surface area contributed by atoms with Gasteiger partial charge < -0.3 is 4.90 Å². The van der Waals surface area contributed by atoms with E-state index in [-0.39, 0.29) is 18.1 Å². The molecule has 3 nitrogen and oxygen atoms in total. The number of hydrogen-bond acceptors (Lipinski definition) is 2. The van der Waals surface area contributed by atoms with Gasteiger partial charge in [-0.1, -0.05) is 6.92 Å². The monoisotopic (exact) mass is 183 g/mol. The molecule has 1 rings (SSSR count). The van der Waals surface area contributed by atoms with Crippen LogP contribution in [-0.4, -0.2) is 29.7 Å². The predicted molar refractivity (Wildman–Crippen MR) is 50.3 cm³/mol. The first-order valence-corrected chi connectivity index (χ1v) is 4.87. The number of hydrogen-bond donors (Lipinski definition) is 0. The van der Waals surface area contributed by atoms with Gasteiger partial charge in [0.1, 0.15) is 5.78 Å². The van der Waals surface area contributed by atoms with Gasteiger partial charge in [0.25, 0.3) is 0 Å². The standard InChI is InChI=1S/C10H17NO2/c1-8-4-3-5-11(7-8)10(13)6-9(2)12/h8H,3-7H2,1-2H3/t8-/m1/s1. The Morgan fingerprint density at radius 1 is 1.46 bits per heavy atom. The molecule has 74 valence electrons. The van der Waals surface area contributed by atoms with Gasteiger partial charge in [-0.15, -0.1) is 0 Å². The van der Waals surface area contributed by atoms with Gasteiger partial charge in [-0.05, 0) is 25.7 Å². The fraction of sp³-hybridized carbons (Fsp3) is 0.800. The molecule has 0 N–H and O–H groups in total. The van der Waals surface area contributed by atoms with E-state index >= 15 is 0 Å². The first-order chi connectivity index (χ1) is 6.09. The maximum absolute atomic E-state index is 11.5. The third-order valence-corrected chi connectivity index (χ3v) is 2.41. The molecule has 0 aromatic heterocycles. The van der Waals surface area contributed by atoms with E-state index < -0.39 is 0 Å². The van der Waals surface area contributed by atoms with Crippen molar-refractivity contribution in [2.45, 2.75) is 33.1 Å². The molecular weight excluding hydrogens is 166 g/mol. The molecule has 0 bridgehead atoms. The van der Waals surface area contributed by atoms with Crippen molar-refractivity contribution in [2.24, 2.45) is 5.92 Å². The van der Waals surface area contributed by atoms with Gasteiger partial charge in [0, 0.05) is 13.1 Å². The van der Waals surface area contributed by atoms with Crippen molar-refractivity contribution in [1.29, 1.82) is 0 Å². The Bertz CT molecular complexity index is 213. The molecule has 1 fully saturated rings. The Hall–Kier alpha value is -0.860. The minimum atomic E-state index is -0.0387. The lowest BCUT2D eigenvalue weighted by atomic mass is 10.00. The second-order valence-electron chi connectivity index (χ2n) is 3.97. The first-order valence-electron chi connectivity index (χ1n) is 4.87. The maximum Gasteiger partial charge on any atom is 0.230 e. The lowest BCUT2D eigenvalue weighted by Crippen LogP contribution is -2.39. The molecule has 1 aliphatic heterocycles. The lowest BCUT2D eigenvalue weighted by Gasteiger charge is -2.30. The van der Waals surface area contributed by atoms with Crippen molar-refractivity contribution in [1.82, 2.24) is 4.90 Å². The maximum atomic E-state index is 11.5. The Morgan fingerprint density at radius 3 is 2.69 bits per heavy atom. The molecule has 1 saturated heterocycles. The molecule has 3 heteroatoms. The SMILES string of the molecule is CC(=O)CC(=O)N1CCC[C@@H](C)C1. The summed E-state index contributed by atoms with van der Waals surface area (Å²) in [6.45, 7) is 5.26. The highest BCUT2D eigenvalue weighted by molar-refractivity contribution is 5.96. The van der Waals surface area contributed by atoms with E-state index in [9.17, 15) is 9.59 Å². The zero-order valence-electron chi connectivity index (χ0n) is 8.38. The Labute approximate surface area is 79.1 Å². The second kappa shape index (κ2) is 4.40. The van der Waals surface area contributed by atoms with Gasteiger partial charge in [-0.3, -0.25) is 9.59 Å². The molecule has 0 aromatic rings. The Morgan fingerprint density at radius 2 is 2.15 bits per heavy atom. The third-order valence-electron chi connectivity index (χ3n) is 2.41. The summed E-state index contributed by atoms with van der Waals surface area (Å²) >= 11 is 0. The molecule has 0 unspecified atom stereocenters. The van der Waals surface area contributed by atoms with Crippen molar-refractivity contribution >= 4 is 11.7 Å². The van der Waals surface area contributed by atoms with E-state index in [4.69, 9.17) is 0 Å². The highest BCUT2D eigenvalue weighted by atomic mass is 16.2. The normalized spacial score (nSPS) is 22.9. The van der Waals surface area contributed by atoms with E-state index in [1.807, 2.05) is 4.90 Å². The van der Waals surface area contributed by atoms with Gasteiger partial charge in [-0.2, -0.15) is 0 Å². The van der Waals surface area contributed by atoms with Crippen molar-refractivity contribution in [3.05, 3.63) is 0 Å².